The fourth-order valence-electron chi connectivity index (χ4n) is 2.44. The summed E-state index contributed by atoms with van der Waals surface area (Å²) in [6, 6.07) is 9.58. The van der Waals surface area contributed by atoms with Crippen molar-refractivity contribution in [2.75, 3.05) is 26.9 Å². The molecule has 160 valence electrons. The van der Waals surface area contributed by atoms with E-state index in [1.54, 1.807) is 36.4 Å². The number of pyridine rings is 1. The normalized spacial score (nSPS) is 11.4. The van der Waals surface area contributed by atoms with Crippen LogP contribution in [0.2, 0.25) is 0 Å². The molecule has 0 bridgehead atoms. The predicted octanol–water partition coefficient (Wildman–Crippen LogP) is 3.04. The molecule has 0 saturated carbocycles. The lowest BCUT2D eigenvalue weighted by atomic mass is 10.2. The molecule has 0 aliphatic heterocycles. The number of aromatic nitrogens is 4. The first-order valence-corrected chi connectivity index (χ1v) is 8.91. The molecule has 0 aliphatic carbocycles. The van der Waals surface area contributed by atoms with Crippen molar-refractivity contribution in [3.63, 3.8) is 0 Å². The Morgan fingerprint density at radius 2 is 1.83 bits per heavy atom. The molecule has 0 amide bonds. The van der Waals surface area contributed by atoms with Gasteiger partial charge in [0, 0.05) is 24.7 Å². The Bertz CT molecular complexity index is 944. The molecule has 3 aromatic rings. The average molecular weight is 424 g/mol. The number of hydrogen-bond acceptors (Lipinski definition) is 7. The molecule has 3 rings (SSSR count). The van der Waals surface area contributed by atoms with Gasteiger partial charge in [0.2, 0.25) is 5.88 Å². The molecule has 0 unspecified atom stereocenters. The number of rotatable bonds is 9. The van der Waals surface area contributed by atoms with E-state index in [1.807, 2.05) is 0 Å². The highest BCUT2D eigenvalue weighted by atomic mass is 19.4. The highest BCUT2D eigenvalue weighted by Crippen LogP contribution is 2.26. The molecule has 2 heterocycles. The zero-order valence-electron chi connectivity index (χ0n) is 16.0. The average Bonchev–Trinajstić information content (AvgIpc) is 3.17. The summed E-state index contributed by atoms with van der Waals surface area (Å²) < 4.78 is 54.1. The molecule has 0 aliphatic rings. The van der Waals surface area contributed by atoms with Crippen molar-refractivity contribution in [3.05, 3.63) is 42.6 Å². The van der Waals surface area contributed by atoms with E-state index in [9.17, 15) is 13.2 Å². The fraction of sp³-hybridized carbons (Fsp3) is 0.316. The van der Waals surface area contributed by atoms with Crippen LogP contribution in [-0.2, 0) is 0 Å². The fourth-order valence-corrected chi connectivity index (χ4v) is 2.44. The third-order valence-corrected chi connectivity index (χ3v) is 3.81. The van der Waals surface area contributed by atoms with Gasteiger partial charge in [-0.1, -0.05) is 0 Å². The molecule has 11 heteroatoms. The topological polar surface area (TPSA) is 91.5 Å². The van der Waals surface area contributed by atoms with Crippen molar-refractivity contribution < 1.29 is 32.5 Å². The first-order chi connectivity index (χ1) is 14.4. The number of aliphatic hydroxyl groups is 1. The van der Waals surface area contributed by atoms with Gasteiger partial charge in [0.1, 0.15) is 5.75 Å². The maximum Gasteiger partial charge on any atom is 0.422 e. The molecule has 0 spiro atoms. The summed E-state index contributed by atoms with van der Waals surface area (Å²) in [6.07, 6.45) is -2.56. The Hall–Kier alpha value is -3.34. The van der Waals surface area contributed by atoms with E-state index in [4.69, 9.17) is 19.3 Å². The van der Waals surface area contributed by atoms with E-state index in [2.05, 4.69) is 15.1 Å². The van der Waals surface area contributed by atoms with Crippen LogP contribution in [-0.4, -0.2) is 58.0 Å². The lowest BCUT2D eigenvalue weighted by Gasteiger charge is -2.08. The Kier molecular flexibility index (Phi) is 6.72. The van der Waals surface area contributed by atoms with Crippen LogP contribution in [0.3, 0.4) is 0 Å². The van der Waals surface area contributed by atoms with Gasteiger partial charge in [-0.3, -0.25) is 0 Å². The second-order valence-electron chi connectivity index (χ2n) is 6.04. The second kappa shape index (κ2) is 9.44. The van der Waals surface area contributed by atoms with E-state index in [0.29, 0.717) is 35.9 Å². The molecule has 1 aromatic carbocycles. The summed E-state index contributed by atoms with van der Waals surface area (Å²) in [6.45, 7) is -1.12. The number of benzene rings is 1. The van der Waals surface area contributed by atoms with E-state index in [1.165, 1.54) is 18.0 Å². The van der Waals surface area contributed by atoms with Gasteiger partial charge in [-0.05, 0) is 30.3 Å². The molecular formula is C19H19F3N4O4. The first-order valence-electron chi connectivity index (χ1n) is 8.91. The number of halogens is 3. The number of methoxy groups -OCH3 is 1. The van der Waals surface area contributed by atoms with E-state index >= 15 is 0 Å². The smallest absolute Gasteiger partial charge is 0.422 e. The van der Waals surface area contributed by atoms with Gasteiger partial charge in [-0.2, -0.15) is 18.2 Å². The van der Waals surface area contributed by atoms with Gasteiger partial charge in [-0.15, -0.1) is 5.10 Å². The summed E-state index contributed by atoms with van der Waals surface area (Å²) in [7, 11) is 1.47. The monoisotopic (exact) mass is 424 g/mol. The van der Waals surface area contributed by atoms with Gasteiger partial charge in [0.05, 0.1) is 25.6 Å². The van der Waals surface area contributed by atoms with Gasteiger partial charge < -0.3 is 19.3 Å². The standard InChI is InChI=1S/C19H19F3N4O4/c1-28-16-8-5-14(11-23-16)26-17(24-18(25-26)30-12-19(20,21)22)13-3-6-15(7-4-13)29-10-2-9-27/h3-8,11,27H,2,9-10,12H2,1H3. The van der Waals surface area contributed by atoms with Crippen LogP contribution < -0.4 is 14.2 Å². The number of hydrogen-bond donors (Lipinski definition) is 1. The van der Waals surface area contributed by atoms with Gasteiger partial charge in [0.15, 0.2) is 12.4 Å². The van der Waals surface area contributed by atoms with Crippen molar-refractivity contribution in [1.29, 1.82) is 0 Å². The van der Waals surface area contributed by atoms with Crippen LogP contribution in [0, 0.1) is 0 Å². The Labute approximate surface area is 169 Å². The Morgan fingerprint density at radius 1 is 1.07 bits per heavy atom. The quantitative estimate of drug-likeness (QED) is 0.528. The number of ether oxygens (including phenoxy) is 3. The van der Waals surface area contributed by atoms with Crippen molar-refractivity contribution in [2.24, 2.45) is 0 Å². The summed E-state index contributed by atoms with van der Waals surface area (Å²) in [4.78, 5) is 8.19. The molecule has 0 atom stereocenters. The maximum absolute atomic E-state index is 12.5. The van der Waals surface area contributed by atoms with Crippen molar-refractivity contribution in [3.8, 4) is 34.7 Å². The predicted molar refractivity (Wildman–Crippen MR) is 99.9 cm³/mol. The third kappa shape index (κ3) is 5.60. The van der Waals surface area contributed by atoms with Crippen LogP contribution in [0.5, 0.6) is 17.6 Å². The number of alkyl halides is 3. The van der Waals surface area contributed by atoms with Crippen molar-refractivity contribution >= 4 is 0 Å². The minimum atomic E-state index is -4.51. The molecule has 0 saturated heterocycles. The van der Waals surface area contributed by atoms with Crippen LogP contribution in [0.25, 0.3) is 17.1 Å². The van der Waals surface area contributed by atoms with Crippen LogP contribution in [0.4, 0.5) is 13.2 Å². The third-order valence-electron chi connectivity index (χ3n) is 3.81. The minimum absolute atomic E-state index is 0.0256. The Morgan fingerprint density at radius 3 is 2.43 bits per heavy atom. The molecule has 0 radical (unpaired) electrons. The minimum Gasteiger partial charge on any atom is -0.494 e. The van der Waals surface area contributed by atoms with Crippen LogP contribution >= 0.6 is 0 Å². The van der Waals surface area contributed by atoms with Crippen LogP contribution in [0.1, 0.15) is 6.42 Å². The lowest BCUT2D eigenvalue weighted by molar-refractivity contribution is -0.154. The van der Waals surface area contributed by atoms with Gasteiger partial charge in [0.25, 0.3) is 0 Å². The second-order valence-corrected chi connectivity index (χ2v) is 6.04. The Balaban J connectivity index is 1.91. The van der Waals surface area contributed by atoms with Crippen molar-refractivity contribution in [2.45, 2.75) is 12.6 Å². The largest absolute Gasteiger partial charge is 0.494 e. The maximum atomic E-state index is 12.5. The van der Waals surface area contributed by atoms with Gasteiger partial charge in [-0.25, -0.2) is 9.67 Å². The molecule has 8 nitrogen and oxygen atoms in total. The van der Waals surface area contributed by atoms with E-state index < -0.39 is 18.8 Å². The highest BCUT2D eigenvalue weighted by molar-refractivity contribution is 5.59. The summed E-state index contributed by atoms with van der Waals surface area (Å²) in [5, 5.41) is 12.9. The van der Waals surface area contributed by atoms with E-state index in [-0.39, 0.29) is 12.4 Å². The molecule has 0 fully saturated rings. The number of aliphatic hydroxyl groups excluding tert-OH is 1. The van der Waals surface area contributed by atoms with Crippen molar-refractivity contribution in [1.82, 2.24) is 19.7 Å². The summed E-state index contributed by atoms with van der Waals surface area (Å²) >= 11 is 0. The molecule has 1 N–H and O–H groups in total. The van der Waals surface area contributed by atoms with Crippen LogP contribution in [0.15, 0.2) is 42.6 Å². The number of nitrogens with zero attached hydrogens (tertiary/aromatic N) is 4. The summed E-state index contributed by atoms with van der Waals surface area (Å²) in [5.41, 5.74) is 1.04. The zero-order chi connectivity index (χ0) is 21.6. The lowest BCUT2D eigenvalue weighted by Crippen LogP contribution is -2.19. The van der Waals surface area contributed by atoms with Gasteiger partial charge >= 0.3 is 12.2 Å². The molecular weight excluding hydrogens is 405 g/mol. The molecule has 2 aromatic heterocycles. The SMILES string of the molecule is COc1ccc(-n2nc(OCC(F)(F)F)nc2-c2ccc(OCCCO)cc2)cn1. The highest BCUT2D eigenvalue weighted by Gasteiger charge is 2.29. The summed E-state index contributed by atoms with van der Waals surface area (Å²) in [5.74, 6) is 1.22. The molecule has 30 heavy (non-hydrogen) atoms. The first kappa shape index (κ1) is 21.4. The van der Waals surface area contributed by atoms with E-state index in [0.717, 1.165) is 0 Å². The zero-order valence-corrected chi connectivity index (χ0v) is 16.0.